The molecular formula is C23H14Cl2N2OS2. The molecule has 3 aromatic carbocycles. The molecule has 30 heavy (non-hydrogen) atoms. The van der Waals surface area contributed by atoms with E-state index in [4.69, 9.17) is 28.2 Å². The monoisotopic (exact) mass is 468 g/mol. The second-order valence-electron chi connectivity index (χ2n) is 6.91. The zero-order chi connectivity index (χ0) is 20.8. The molecule has 0 aliphatic carbocycles. The highest BCUT2D eigenvalue weighted by molar-refractivity contribution is 7.22. The van der Waals surface area contributed by atoms with E-state index in [0.29, 0.717) is 20.6 Å². The predicted octanol–water partition coefficient (Wildman–Crippen LogP) is 8.05. The zero-order valence-electron chi connectivity index (χ0n) is 15.7. The van der Waals surface area contributed by atoms with Crippen molar-refractivity contribution in [2.75, 3.05) is 5.32 Å². The van der Waals surface area contributed by atoms with Gasteiger partial charge in [-0.2, -0.15) is 0 Å². The summed E-state index contributed by atoms with van der Waals surface area (Å²) in [6, 6.07) is 19.4. The Morgan fingerprint density at radius 3 is 2.53 bits per heavy atom. The van der Waals surface area contributed by atoms with Crippen LogP contribution >= 0.6 is 45.9 Å². The first-order chi connectivity index (χ1) is 14.5. The molecule has 5 aromatic rings. The number of fused-ring (bicyclic) bond motifs is 2. The van der Waals surface area contributed by atoms with Gasteiger partial charge in [-0.3, -0.25) is 4.79 Å². The summed E-state index contributed by atoms with van der Waals surface area (Å²) in [5.74, 6) is -0.236. The molecule has 7 heteroatoms. The number of anilines is 1. The number of hydrogen-bond donors (Lipinski definition) is 1. The third-order valence-corrected chi connectivity index (χ3v) is 7.69. The Kier molecular flexibility index (Phi) is 4.99. The van der Waals surface area contributed by atoms with Gasteiger partial charge in [0, 0.05) is 26.4 Å². The number of benzene rings is 3. The number of aryl methyl sites for hydroxylation is 1. The van der Waals surface area contributed by atoms with Crippen LogP contribution in [0.4, 0.5) is 5.69 Å². The highest BCUT2D eigenvalue weighted by atomic mass is 35.5. The van der Waals surface area contributed by atoms with Crippen LogP contribution in [-0.2, 0) is 0 Å². The van der Waals surface area contributed by atoms with Crippen molar-refractivity contribution in [3.05, 3.63) is 81.1 Å². The van der Waals surface area contributed by atoms with E-state index >= 15 is 0 Å². The number of thiazole rings is 1. The van der Waals surface area contributed by atoms with Crippen LogP contribution in [-0.4, -0.2) is 10.9 Å². The van der Waals surface area contributed by atoms with Crippen LogP contribution in [0.5, 0.6) is 0 Å². The standard InChI is InChI=1S/C23H14Cl2N2OS2/c1-12-2-9-17-19(10-12)30-23(27-17)13-3-6-15(7-4-13)26-22(28)21-20(25)16-8-5-14(24)11-18(16)29-21/h2-11H,1H3,(H,26,28). The Hall–Kier alpha value is -2.44. The highest BCUT2D eigenvalue weighted by Gasteiger charge is 2.17. The Morgan fingerprint density at radius 1 is 0.933 bits per heavy atom. The molecule has 0 saturated heterocycles. The second-order valence-corrected chi connectivity index (χ2v) is 9.80. The fourth-order valence-corrected chi connectivity index (χ4v) is 5.98. The first kappa shape index (κ1) is 19.5. The predicted molar refractivity (Wildman–Crippen MR) is 130 cm³/mol. The van der Waals surface area contributed by atoms with E-state index in [9.17, 15) is 4.79 Å². The molecule has 0 radical (unpaired) electrons. The average molecular weight is 469 g/mol. The number of amides is 1. The van der Waals surface area contributed by atoms with Gasteiger partial charge in [0.2, 0.25) is 0 Å². The van der Waals surface area contributed by atoms with Crippen molar-refractivity contribution < 1.29 is 4.79 Å². The highest BCUT2D eigenvalue weighted by Crippen LogP contribution is 2.37. The summed E-state index contributed by atoms with van der Waals surface area (Å²) < 4.78 is 2.06. The Balaban J connectivity index is 1.39. The van der Waals surface area contributed by atoms with Gasteiger partial charge in [0.25, 0.3) is 5.91 Å². The van der Waals surface area contributed by atoms with Crippen molar-refractivity contribution in [1.82, 2.24) is 4.98 Å². The number of nitrogens with zero attached hydrogens (tertiary/aromatic N) is 1. The molecule has 0 atom stereocenters. The summed E-state index contributed by atoms with van der Waals surface area (Å²) in [6.07, 6.45) is 0. The molecule has 148 valence electrons. The van der Waals surface area contributed by atoms with Gasteiger partial charge in [0.15, 0.2) is 0 Å². The lowest BCUT2D eigenvalue weighted by atomic mass is 10.2. The number of rotatable bonds is 3. The minimum atomic E-state index is -0.236. The molecule has 1 N–H and O–H groups in total. The van der Waals surface area contributed by atoms with Crippen LogP contribution < -0.4 is 5.32 Å². The van der Waals surface area contributed by atoms with Gasteiger partial charge in [-0.05, 0) is 61.0 Å². The molecule has 0 aliphatic rings. The van der Waals surface area contributed by atoms with Crippen LogP contribution in [0.1, 0.15) is 15.2 Å². The minimum absolute atomic E-state index is 0.236. The second kappa shape index (κ2) is 7.67. The van der Waals surface area contributed by atoms with Gasteiger partial charge in [0.1, 0.15) is 9.88 Å². The van der Waals surface area contributed by atoms with Gasteiger partial charge in [-0.25, -0.2) is 4.98 Å². The van der Waals surface area contributed by atoms with Gasteiger partial charge in [-0.15, -0.1) is 22.7 Å². The minimum Gasteiger partial charge on any atom is -0.321 e. The SMILES string of the molecule is Cc1ccc2nc(-c3ccc(NC(=O)c4sc5cc(Cl)ccc5c4Cl)cc3)sc2c1. The zero-order valence-corrected chi connectivity index (χ0v) is 18.8. The van der Waals surface area contributed by atoms with E-state index in [-0.39, 0.29) is 5.91 Å². The lowest BCUT2D eigenvalue weighted by Gasteiger charge is -2.05. The fourth-order valence-electron chi connectivity index (χ4n) is 3.22. The third-order valence-electron chi connectivity index (χ3n) is 4.73. The molecule has 1 amide bonds. The van der Waals surface area contributed by atoms with E-state index in [1.807, 2.05) is 42.5 Å². The number of carbonyl (C=O) groups is 1. The summed E-state index contributed by atoms with van der Waals surface area (Å²) in [4.78, 5) is 17.9. The smallest absolute Gasteiger partial charge is 0.267 e. The quantitative estimate of drug-likeness (QED) is 0.291. The maximum atomic E-state index is 12.8. The first-order valence-corrected chi connectivity index (χ1v) is 11.5. The molecule has 0 aliphatic heterocycles. The Bertz CT molecular complexity index is 1420. The van der Waals surface area contributed by atoms with E-state index in [2.05, 4.69) is 24.4 Å². The van der Waals surface area contributed by atoms with Gasteiger partial charge < -0.3 is 5.32 Å². The van der Waals surface area contributed by atoms with Crippen LogP contribution in [0, 0.1) is 6.92 Å². The molecule has 5 rings (SSSR count). The number of aromatic nitrogens is 1. The number of nitrogens with one attached hydrogen (secondary N) is 1. The number of thiophene rings is 1. The summed E-state index contributed by atoms with van der Waals surface area (Å²) in [5, 5.41) is 5.78. The van der Waals surface area contributed by atoms with Crippen LogP contribution in [0.2, 0.25) is 10.0 Å². The van der Waals surface area contributed by atoms with E-state index in [0.717, 1.165) is 26.2 Å². The molecule has 3 nitrogen and oxygen atoms in total. The Morgan fingerprint density at radius 2 is 1.73 bits per heavy atom. The van der Waals surface area contributed by atoms with Gasteiger partial charge in [-0.1, -0.05) is 35.3 Å². The summed E-state index contributed by atoms with van der Waals surface area (Å²) >= 11 is 15.5. The van der Waals surface area contributed by atoms with E-state index < -0.39 is 0 Å². The topological polar surface area (TPSA) is 42.0 Å². The molecule has 0 fully saturated rings. The third kappa shape index (κ3) is 3.59. The molecule has 2 aromatic heterocycles. The van der Waals surface area contributed by atoms with Crippen molar-refractivity contribution >= 4 is 77.8 Å². The lowest BCUT2D eigenvalue weighted by molar-refractivity contribution is 0.103. The number of hydrogen-bond acceptors (Lipinski definition) is 4. The van der Waals surface area contributed by atoms with Crippen LogP contribution in [0.3, 0.4) is 0 Å². The number of carbonyl (C=O) groups excluding carboxylic acids is 1. The largest absolute Gasteiger partial charge is 0.321 e. The van der Waals surface area contributed by atoms with Crippen molar-refractivity contribution in [2.45, 2.75) is 6.92 Å². The average Bonchev–Trinajstić information content (AvgIpc) is 3.29. The molecule has 0 saturated carbocycles. The van der Waals surface area contributed by atoms with Gasteiger partial charge >= 0.3 is 0 Å². The van der Waals surface area contributed by atoms with Gasteiger partial charge in [0.05, 0.1) is 15.2 Å². The first-order valence-electron chi connectivity index (χ1n) is 9.14. The van der Waals surface area contributed by atoms with E-state index in [1.54, 1.807) is 17.4 Å². The maximum Gasteiger partial charge on any atom is 0.267 e. The van der Waals surface area contributed by atoms with Crippen molar-refractivity contribution in [1.29, 1.82) is 0 Å². The van der Waals surface area contributed by atoms with Crippen molar-refractivity contribution in [3.8, 4) is 10.6 Å². The van der Waals surface area contributed by atoms with Crippen molar-refractivity contribution in [3.63, 3.8) is 0 Å². The molecule has 0 spiro atoms. The summed E-state index contributed by atoms with van der Waals surface area (Å²) in [7, 11) is 0. The van der Waals surface area contributed by atoms with Crippen LogP contribution in [0.25, 0.3) is 30.9 Å². The summed E-state index contributed by atoms with van der Waals surface area (Å²) in [6.45, 7) is 2.08. The molecular weight excluding hydrogens is 455 g/mol. The normalized spacial score (nSPS) is 11.3. The lowest BCUT2D eigenvalue weighted by Crippen LogP contribution is -2.10. The van der Waals surface area contributed by atoms with E-state index in [1.165, 1.54) is 21.6 Å². The number of halogens is 2. The Labute approximate surface area is 190 Å². The summed E-state index contributed by atoms with van der Waals surface area (Å²) in [5.41, 5.74) is 3.93. The van der Waals surface area contributed by atoms with Crippen LogP contribution in [0.15, 0.2) is 60.7 Å². The maximum absolute atomic E-state index is 12.8. The fraction of sp³-hybridized carbons (Fsp3) is 0.0435. The molecule has 2 heterocycles. The molecule has 0 unspecified atom stereocenters. The van der Waals surface area contributed by atoms with Crippen molar-refractivity contribution in [2.24, 2.45) is 0 Å². The molecule has 0 bridgehead atoms.